The maximum absolute atomic E-state index is 6.50. The fourth-order valence-electron chi connectivity index (χ4n) is 11.2. The van der Waals surface area contributed by atoms with E-state index in [0.29, 0.717) is 0 Å². The van der Waals surface area contributed by atoms with Gasteiger partial charge in [0, 0.05) is 22.3 Å². The fourth-order valence-corrected chi connectivity index (χ4v) is 11.2. The summed E-state index contributed by atoms with van der Waals surface area (Å²) < 4.78 is 26.0. The molecular weight excluding hydrogens is 1570 g/mol. The molecule has 12 rings (SSSR count). The van der Waals surface area contributed by atoms with Crippen molar-refractivity contribution in [2.24, 2.45) is 0 Å². The molecule has 4 aliphatic carbocycles. The third kappa shape index (κ3) is 13.2. The fraction of sp³-hybridized carbons (Fsp3) is 0.242. The van der Waals surface area contributed by atoms with Crippen LogP contribution >= 0.6 is 79.0 Å². The molecule has 0 atom stereocenters. The van der Waals surface area contributed by atoms with E-state index in [2.05, 4.69) is 294 Å². The van der Waals surface area contributed by atoms with E-state index in [-0.39, 0.29) is 24.4 Å². The van der Waals surface area contributed by atoms with Crippen LogP contribution in [0.2, 0.25) is 0 Å². The number of halogens is 4. The maximum atomic E-state index is 6.50. The van der Waals surface area contributed by atoms with E-state index in [4.69, 9.17) is 18.9 Å². The summed E-state index contributed by atoms with van der Waals surface area (Å²) in [7, 11) is 1.54. The van der Waals surface area contributed by atoms with Gasteiger partial charge in [0.25, 0.3) is 0 Å². The van der Waals surface area contributed by atoms with Gasteiger partial charge in [-0.2, -0.15) is 0 Å². The van der Waals surface area contributed by atoms with Crippen LogP contribution in [0.5, 0.6) is 23.0 Å². The molecule has 0 aliphatic heterocycles. The van der Waals surface area contributed by atoms with Gasteiger partial charge in [0.1, 0.15) is 23.0 Å². The second kappa shape index (κ2) is 27.3. The van der Waals surface area contributed by atoms with Gasteiger partial charge in [-0.3, -0.25) is 0 Å². The molecule has 396 valence electrons. The Morgan fingerprint density at radius 2 is 0.526 bits per heavy atom. The zero-order chi connectivity index (χ0) is 53.6. The van der Waals surface area contributed by atoms with Crippen LogP contribution in [-0.4, -0.2) is 24.4 Å². The Hall–Kier alpha value is -1.83. The second-order valence-electron chi connectivity index (χ2n) is 20.4. The SMILES string of the molecule is CC(C)Oc1cc2ccccc2c2c1C[C]1[CH][CH][CH][C]1Cc1c(OC(C)C)cc3ccccc3c1-2.CC(C)Oc1cc2ccccc2c2c1C[C]1[CH][CH][CH][C]1Cc1c(OC(C)C)cc3ccccc3c1-2.[I][Rh][I].[I][Rh][I]. The number of fused-ring (bicyclic) bond motifs is 16. The Labute approximate surface area is 511 Å². The molecule has 0 amide bonds. The third-order valence-corrected chi connectivity index (χ3v) is 13.9. The van der Waals surface area contributed by atoms with Crippen LogP contribution in [0, 0.1) is 62.2 Å². The van der Waals surface area contributed by atoms with E-state index in [9.17, 15) is 0 Å². The van der Waals surface area contributed by atoms with Crippen LogP contribution < -0.4 is 18.9 Å². The Morgan fingerprint density at radius 3 is 0.724 bits per heavy atom. The van der Waals surface area contributed by atoms with Gasteiger partial charge < -0.3 is 18.9 Å². The van der Waals surface area contributed by atoms with Crippen LogP contribution in [0.4, 0.5) is 0 Å². The van der Waals surface area contributed by atoms with Gasteiger partial charge in [-0.25, -0.2) is 0 Å². The molecular formula is C66H62I4O4Rh2. The van der Waals surface area contributed by atoms with Crippen molar-refractivity contribution in [1.29, 1.82) is 0 Å². The van der Waals surface area contributed by atoms with Gasteiger partial charge in [-0.05, 0) is 233 Å². The average molecular weight is 1630 g/mol. The number of rotatable bonds is 8. The first-order valence-electron chi connectivity index (χ1n) is 25.8. The predicted octanol–water partition coefficient (Wildman–Crippen LogP) is 19.8. The van der Waals surface area contributed by atoms with E-state index in [1.807, 2.05) is 0 Å². The Kier molecular flexibility index (Phi) is 21.1. The zero-order valence-electron chi connectivity index (χ0n) is 44.0. The molecule has 10 heteroatoms. The van der Waals surface area contributed by atoms with E-state index in [1.54, 1.807) is 0 Å². The van der Waals surface area contributed by atoms with E-state index >= 15 is 0 Å². The van der Waals surface area contributed by atoms with Crippen molar-refractivity contribution in [2.45, 2.75) is 105 Å². The summed E-state index contributed by atoms with van der Waals surface area (Å²) in [6, 6.07) is 43.8. The molecule has 0 N–H and O–H groups in total. The quantitative estimate of drug-likeness (QED) is 0.112. The minimum absolute atomic E-state index is 0.0941. The Balaban J connectivity index is 0.000000169. The van der Waals surface area contributed by atoms with Gasteiger partial charge in [0.05, 0.1) is 24.4 Å². The Bertz CT molecular complexity index is 2870. The van der Waals surface area contributed by atoms with Crippen molar-refractivity contribution in [2.75, 3.05) is 0 Å². The second-order valence-corrected chi connectivity index (χ2v) is 45.7. The summed E-state index contributed by atoms with van der Waals surface area (Å²) in [4.78, 5) is 0. The molecule has 8 aromatic rings. The molecule has 0 bridgehead atoms. The molecule has 0 unspecified atom stereocenters. The van der Waals surface area contributed by atoms with Gasteiger partial charge in [0.15, 0.2) is 0 Å². The summed E-state index contributed by atoms with van der Waals surface area (Å²) in [6.45, 7) is 16.9. The summed E-state index contributed by atoms with van der Waals surface area (Å²) in [5.74, 6) is 9.38. The molecule has 0 spiro atoms. The first-order chi connectivity index (χ1) is 36.8. The molecule has 76 heavy (non-hydrogen) atoms. The molecule has 2 fully saturated rings. The zero-order valence-corrected chi connectivity index (χ0v) is 55.9. The standard InChI is InChI=1S/2C33H31O2.4HI.2Rh/c2*1-20(2)34-30-18-24-10-5-7-14-26(24)32-28(30)16-22-12-9-13-23(22)17-29-31(35-21(3)4)19-25-11-6-8-15-27(25)33(29)32;;;;;;/h2*5-15,18-21H,16-17H2,1-4H3;4*1H;;/q;;;;;;2*+2/p-4. The molecule has 2 saturated carbocycles. The summed E-state index contributed by atoms with van der Waals surface area (Å²) in [5.41, 5.74) is 10.2. The average Bonchev–Trinajstić information content (AvgIpc) is 4.07. The molecule has 8 aromatic carbocycles. The van der Waals surface area contributed by atoms with Crippen LogP contribution in [0.3, 0.4) is 0 Å². The first kappa shape index (κ1) is 58.8. The first-order valence-corrected chi connectivity index (χ1v) is 45.3. The number of hydrogen-bond donors (Lipinski definition) is 0. The van der Waals surface area contributed by atoms with Crippen molar-refractivity contribution in [3.8, 4) is 45.3 Å². The van der Waals surface area contributed by atoms with Crippen LogP contribution in [0.1, 0.15) is 77.6 Å². The number of ether oxygens (including phenoxy) is 4. The molecule has 4 nitrogen and oxygen atoms in total. The van der Waals surface area contributed by atoms with Crippen molar-refractivity contribution in [1.82, 2.24) is 0 Å². The van der Waals surface area contributed by atoms with Gasteiger partial charge in [0.2, 0.25) is 0 Å². The molecule has 0 saturated heterocycles. The van der Waals surface area contributed by atoms with Crippen molar-refractivity contribution in [3.05, 3.63) is 206 Å². The van der Waals surface area contributed by atoms with Gasteiger partial charge in [-0.15, -0.1) is 0 Å². The topological polar surface area (TPSA) is 36.9 Å². The third-order valence-electron chi connectivity index (χ3n) is 13.9. The van der Waals surface area contributed by atoms with Crippen LogP contribution in [0.15, 0.2) is 121 Å². The van der Waals surface area contributed by atoms with Crippen LogP contribution in [-0.2, 0) is 45.9 Å². The van der Waals surface area contributed by atoms with Crippen molar-refractivity contribution in [3.63, 3.8) is 0 Å². The number of hydrogen-bond acceptors (Lipinski definition) is 4. The van der Waals surface area contributed by atoms with E-state index in [1.165, 1.54) is 111 Å². The molecule has 0 aromatic heterocycles. The minimum atomic E-state index is 0.0941. The van der Waals surface area contributed by atoms with Crippen LogP contribution in [0.25, 0.3) is 65.3 Å². The van der Waals surface area contributed by atoms with E-state index in [0.717, 1.165) is 68.9 Å². The van der Waals surface area contributed by atoms with Crippen molar-refractivity contribution >= 4 is 122 Å². The molecule has 10 radical (unpaired) electrons. The monoisotopic (exact) mass is 1630 g/mol. The van der Waals surface area contributed by atoms with E-state index < -0.39 is 0 Å². The summed E-state index contributed by atoms with van der Waals surface area (Å²) >= 11 is 9.38. The summed E-state index contributed by atoms with van der Waals surface area (Å²) in [6.07, 6.45) is 17.2. The van der Waals surface area contributed by atoms with Crippen molar-refractivity contribution < 1.29 is 39.1 Å². The normalized spacial score (nSPS) is 15.6. The van der Waals surface area contributed by atoms with Gasteiger partial charge >= 0.3 is 99.2 Å². The molecule has 0 heterocycles. The predicted molar refractivity (Wildman–Crippen MR) is 347 cm³/mol. The number of benzene rings is 8. The van der Waals surface area contributed by atoms with Gasteiger partial charge in [-0.1, -0.05) is 97.1 Å². The Morgan fingerprint density at radius 1 is 0.329 bits per heavy atom. The summed E-state index contributed by atoms with van der Waals surface area (Å²) in [5, 5.41) is 9.88. The molecule has 4 aliphatic rings.